The number of rotatable bonds is 11. The van der Waals surface area contributed by atoms with Crippen molar-refractivity contribution >= 4 is 0 Å². The molecule has 20 heavy (non-hydrogen) atoms. The molecule has 0 amide bonds. The predicted molar refractivity (Wildman–Crippen MR) is 83.4 cm³/mol. The molecular formula is C18H29FO. The van der Waals surface area contributed by atoms with Crippen molar-refractivity contribution in [2.24, 2.45) is 0 Å². The summed E-state index contributed by atoms with van der Waals surface area (Å²) in [5, 5.41) is 0. The average Bonchev–Trinajstić information content (AvgIpc) is 2.48. The van der Waals surface area contributed by atoms with E-state index in [4.69, 9.17) is 0 Å². The van der Waals surface area contributed by atoms with Crippen molar-refractivity contribution in [1.82, 2.24) is 0 Å². The summed E-state index contributed by atoms with van der Waals surface area (Å²) in [5.41, 5.74) is 2.30. The van der Waals surface area contributed by atoms with E-state index in [0.717, 1.165) is 5.56 Å². The van der Waals surface area contributed by atoms with Gasteiger partial charge in [0.2, 0.25) is 0 Å². The third kappa shape index (κ3) is 6.51. The number of unbranched alkanes of at least 4 members (excludes halogenated alkanes) is 4. The van der Waals surface area contributed by atoms with E-state index < -0.39 is 0 Å². The minimum absolute atomic E-state index is 0.0520. The molecule has 0 aliphatic heterocycles. The average molecular weight is 280 g/mol. The maximum absolute atomic E-state index is 11.8. The Labute approximate surface area is 123 Å². The van der Waals surface area contributed by atoms with E-state index >= 15 is 0 Å². The smallest absolute Gasteiger partial charge is 0.113 e. The Bertz CT molecular complexity index is 334. The molecule has 0 heterocycles. The van der Waals surface area contributed by atoms with E-state index in [1.807, 2.05) is 12.1 Å². The van der Waals surface area contributed by atoms with Crippen LogP contribution >= 0.6 is 0 Å². The Balaban J connectivity index is 2.56. The van der Waals surface area contributed by atoms with E-state index in [1.165, 1.54) is 56.9 Å². The summed E-state index contributed by atoms with van der Waals surface area (Å²) in [7, 11) is 0. The quantitative estimate of drug-likeness (QED) is 0.430. The Morgan fingerprint density at radius 1 is 0.900 bits per heavy atom. The van der Waals surface area contributed by atoms with Gasteiger partial charge in [-0.1, -0.05) is 76.6 Å². The van der Waals surface area contributed by atoms with Gasteiger partial charge in [-0.2, -0.15) is 4.94 Å². The molecule has 1 rings (SSSR count). The fraction of sp³-hybridized carbons (Fsp3) is 0.667. The fourth-order valence-corrected chi connectivity index (χ4v) is 2.69. The number of hydrogen-bond donors (Lipinski definition) is 0. The minimum atomic E-state index is 0.0520. The molecule has 0 aromatic heterocycles. The van der Waals surface area contributed by atoms with Crippen molar-refractivity contribution < 1.29 is 9.47 Å². The second kappa shape index (κ2) is 10.8. The van der Waals surface area contributed by atoms with Crippen LogP contribution in [0.1, 0.15) is 82.3 Å². The van der Waals surface area contributed by atoms with Crippen molar-refractivity contribution in [2.45, 2.75) is 77.7 Å². The fourth-order valence-electron chi connectivity index (χ4n) is 2.69. The molecule has 0 radical (unpaired) electrons. The largest absolute Gasteiger partial charge is 0.189 e. The minimum Gasteiger partial charge on any atom is -0.189 e. The van der Waals surface area contributed by atoms with Gasteiger partial charge in [-0.15, -0.1) is 0 Å². The molecule has 0 saturated heterocycles. The molecule has 1 aromatic carbocycles. The van der Waals surface area contributed by atoms with Gasteiger partial charge in [-0.05, 0) is 34.4 Å². The topological polar surface area (TPSA) is 9.23 Å². The predicted octanol–water partition coefficient (Wildman–Crippen LogP) is 6.33. The molecule has 0 aliphatic carbocycles. The van der Waals surface area contributed by atoms with Crippen LogP contribution in [-0.2, 0) is 11.5 Å². The van der Waals surface area contributed by atoms with Gasteiger partial charge in [0.15, 0.2) is 0 Å². The van der Waals surface area contributed by atoms with Gasteiger partial charge >= 0.3 is 0 Å². The van der Waals surface area contributed by atoms with Gasteiger partial charge in [-0.3, -0.25) is 0 Å². The van der Waals surface area contributed by atoms with Gasteiger partial charge in [0.25, 0.3) is 0 Å². The van der Waals surface area contributed by atoms with Crippen molar-refractivity contribution in [2.75, 3.05) is 0 Å². The Morgan fingerprint density at radius 3 is 2.15 bits per heavy atom. The second-order valence-corrected chi connectivity index (χ2v) is 5.68. The molecular weight excluding hydrogens is 251 g/mol. The molecule has 1 unspecified atom stereocenters. The summed E-state index contributed by atoms with van der Waals surface area (Å²) in [4.78, 5) is 3.68. The van der Waals surface area contributed by atoms with E-state index in [9.17, 15) is 4.53 Å². The summed E-state index contributed by atoms with van der Waals surface area (Å²) in [6, 6.07) is 8.27. The van der Waals surface area contributed by atoms with Crippen molar-refractivity contribution in [3.05, 3.63) is 35.4 Å². The van der Waals surface area contributed by atoms with Gasteiger partial charge < -0.3 is 0 Å². The number of benzene rings is 1. The van der Waals surface area contributed by atoms with Crippen LogP contribution < -0.4 is 0 Å². The Kier molecular flexibility index (Phi) is 9.31. The summed E-state index contributed by atoms with van der Waals surface area (Å²) in [6.45, 7) is 4.55. The molecule has 0 aliphatic rings. The van der Waals surface area contributed by atoms with Crippen molar-refractivity contribution in [3.63, 3.8) is 0 Å². The van der Waals surface area contributed by atoms with Gasteiger partial charge in [0, 0.05) is 0 Å². The summed E-state index contributed by atoms with van der Waals surface area (Å²) >= 11 is 0. The summed E-state index contributed by atoms with van der Waals surface area (Å²) < 4.78 is 11.8. The van der Waals surface area contributed by atoms with Crippen LogP contribution in [0.15, 0.2) is 24.3 Å². The van der Waals surface area contributed by atoms with Gasteiger partial charge in [0.1, 0.15) is 6.61 Å². The first-order chi connectivity index (χ1) is 9.81. The number of halogens is 1. The molecule has 0 saturated carbocycles. The third-order valence-corrected chi connectivity index (χ3v) is 3.98. The summed E-state index contributed by atoms with van der Waals surface area (Å²) in [6.07, 6.45) is 10.4. The zero-order chi connectivity index (χ0) is 14.6. The molecule has 1 aromatic rings. The van der Waals surface area contributed by atoms with Crippen LogP contribution in [0.3, 0.4) is 0 Å². The van der Waals surface area contributed by atoms with Crippen LogP contribution in [0.4, 0.5) is 4.53 Å². The van der Waals surface area contributed by atoms with E-state index in [-0.39, 0.29) is 6.61 Å². The van der Waals surface area contributed by atoms with Crippen LogP contribution in [-0.4, -0.2) is 0 Å². The first kappa shape index (κ1) is 17.2. The van der Waals surface area contributed by atoms with Crippen LogP contribution in [0, 0.1) is 0 Å². The molecule has 114 valence electrons. The first-order valence-electron chi connectivity index (χ1n) is 8.14. The molecule has 1 atom stereocenters. The van der Waals surface area contributed by atoms with Crippen LogP contribution in [0.25, 0.3) is 0 Å². The molecule has 0 spiro atoms. The summed E-state index contributed by atoms with van der Waals surface area (Å²) in [5.74, 6) is 0.659. The maximum atomic E-state index is 11.8. The molecule has 0 fully saturated rings. The lowest BCUT2D eigenvalue weighted by Crippen LogP contribution is -2.00. The highest BCUT2D eigenvalue weighted by atomic mass is 19.3. The van der Waals surface area contributed by atoms with Gasteiger partial charge in [-0.25, -0.2) is 0 Å². The lowest BCUT2D eigenvalue weighted by Gasteiger charge is -2.17. The van der Waals surface area contributed by atoms with Crippen LogP contribution in [0.2, 0.25) is 0 Å². The molecule has 2 heteroatoms. The normalized spacial score (nSPS) is 12.6. The standard InChI is InChI=1S/C18H29FO/c1-3-5-7-8-10-17(9-6-4-2)18-13-11-16(12-14-18)15-20-19/h11-14,17H,3-10,15H2,1-2H3. The maximum Gasteiger partial charge on any atom is 0.113 e. The first-order valence-corrected chi connectivity index (χ1v) is 8.14. The van der Waals surface area contributed by atoms with Crippen molar-refractivity contribution in [1.29, 1.82) is 0 Å². The highest BCUT2D eigenvalue weighted by molar-refractivity contribution is 5.25. The highest BCUT2D eigenvalue weighted by Crippen LogP contribution is 2.28. The number of hydrogen-bond acceptors (Lipinski definition) is 1. The Morgan fingerprint density at radius 2 is 1.55 bits per heavy atom. The lowest BCUT2D eigenvalue weighted by atomic mass is 9.88. The van der Waals surface area contributed by atoms with Gasteiger partial charge in [0.05, 0.1) is 0 Å². The van der Waals surface area contributed by atoms with E-state index in [1.54, 1.807) is 0 Å². The highest BCUT2D eigenvalue weighted by Gasteiger charge is 2.11. The SMILES string of the molecule is CCCCCCC(CCCC)c1ccc(COF)cc1. The lowest BCUT2D eigenvalue weighted by molar-refractivity contribution is -0.144. The zero-order valence-electron chi connectivity index (χ0n) is 13.0. The monoisotopic (exact) mass is 280 g/mol. The molecule has 0 bridgehead atoms. The molecule has 0 N–H and O–H groups in total. The zero-order valence-corrected chi connectivity index (χ0v) is 13.0. The van der Waals surface area contributed by atoms with E-state index in [0.29, 0.717) is 5.92 Å². The van der Waals surface area contributed by atoms with Crippen molar-refractivity contribution in [3.8, 4) is 0 Å². The van der Waals surface area contributed by atoms with Crippen LogP contribution in [0.5, 0.6) is 0 Å². The third-order valence-electron chi connectivity index (χ3n) is 3.98. The van der Waals surface area contributed by atoms with E-state index in [2.05, 4.69) is 30.9 Å². The second-order valence-electron chi connectivity index (χ2n) is 5.68. The molecule has 1 nitrogen and oxygen atoms in total. The Hall–Kier alpha value is -0.890.